The Bertz CT molecular complexity index is 1000. The lowest BCUT2D eigenvalue weighted by atomic mass is 10.0. The quantitative estimate of drug-likeness (QED) is 0.468. The van der Waals surface area contributed by atoms with Crippen molar-refractivity contribution in [3.05, 3.63) is 53.1 Å². The fourth-order valence-electron chi connectivity index (χ4n) is 3.21. The molecular formula is C23H30ClN3O2S. The first-order chi connectivity index (χ1) is 13.9. The van der Waals surface area contributed by atoms with Crippen molar-refractivity contribution in [2.75, 3.05) is 38.7 Å². The number of hydrogen-bond donors (Lipinski definition) is 0. The first-order valence-corrected chi connectivity index (χ1v) is 10.8. The normalized spacial score (nSPS) is 10.9. The van der Waals surface area contributed by atoms with E-state index in [9.17, 15) is 4.79 Å². The molecule has 5 nitrogen and oxygen atoms in total. The minimum Gasteiger partial charge on any atom is -0.494 e. The molecule has 0 aliphatic carbocycles. The van der Waals surface area contributed by atoms with Crippen LogP contribution in [0, 0.1) is 13.8 Å². The molecule has 7 heteroatoms. The second-order valence-corrected chi connectivity index (χ2v) is 8.50. The Kier molecular flexibility index (Phi) is 8.65. The summed E-state index contributed by atoms with van der Waals surface area (Å²) in [5.74, 6) is 0.837. The van der Waals surface area contributed by atoms with Gasteiger partial charge in [0, 0.05) is 12.1 Å². The second-order valence-electron chi connectivity index (χ2n) is 7.49. The summed E-state index contributed by atoms with van der Waals surface area (Å²) in [4.78, 5) is 22.2. The van der Waals surface area contributed by atoms with E-state index in [1.54, 1.807) is 0 Å². The monoisotopic (exact) mass is 447 g/mol. The molecule has 2 aromatic carbocycles. The van der Waals surface area contributed by atoms with Gasteiger partial charge in [-0.3, -0.25) is 9.69 Å². The van der Waals surface area contributed by atoms with Gasteiger partial charge in [-0.05, 0) is 77.7 Å². The van der Waals surface area contributed by atoms with Crippen LogP contribution < -0.4 is 9.64 Å². The number of hydrogen-bond acceptors (Lipinski definition) is 5. The van der Waals surface area contributed by atoms with E-state index in [1.165, 1.54) is 11.3 Å². The summed E-state index contributed by atoms with van der Waals surface area (Å²) in [7, 11) is 4.09. The molecule has 0 fully saturated rings. The van der Waals surface area contributed by atoms with E-state index in [4.69, 9.17) is 9.72 Å². The molecule has 162 valence electrons. The molecule has 1 amide bonds. The number of thiazole rings is 1. The van der Waals surface area contributed by atoms with E-state index in [0.29, 0.717) is 13.2 Å². The van der Waals surface area contributed by atoms with Gasteiger partial charge in [-0.1, -0.05) is 29.0 Å². The maximum Gasteiger partial charge on any atom is 0.260 e. The van der Waals surface area contributed by atoms with Crippen LogP contribution in [0.3, 0.4) is 0 Å². The largest absolute Gasteiger partial charge is 0.494 e. The van der Waals surface area contributed by atoms with Crippen LogP contribution in [0.4, 0.5) is 5.13 Å². The average Bonchev–Trinajstić information content (AvgIpc) is 3.09. The molecule has 1 aromatic heterocycles. The van der Waals surface area contributed by atoms with Crippen LogP contribution >= 0.6 is 23.7 Å². The summed E-state index contributed by atoms with van der Waals surface area (Å²) in [6.45, 7) is 8.13. The molecule has 0 saturated heterocycles. The molecule has 0 spiro atoms. The first kappa shape index (κ1) is 24.1. The highest BCUT2D eigenvalue weighted by molar-refractivity contribution is 7.22. The average molecular weight is 448 g/mol. The second kappa shape index (κ2) is 10.8. The number of nitrogens with zero attached hydrogens (tertiary/aromatic N) is 3. The molecule has 3 rings (SSSR count). The molecule has 0 radical (unpaired) electrons. The van der Waals surface area contributed by atoms with E-state index < -0.39 is 0 Å². The van der Waals surface area contributed by atoms with Gasteiger partial charge in [-0.2, -0.15) is 0 Å². The summed E-state index contributed by atoms with van der Waals surface area (Å²) < 4.78 is 6.64. The maximum atomic E-state index is 13.5. The summed E-state index contributed by atoms with van der Waals surface area (Å²) in [6.07, 6.45) is 0.879. The Hall–Kier alpha value is -2.15. The molecule has 0 aliphatic rings. The van der Waals surface area contributed by atoms with Crippen molar-refractivity contribution >= 4 is 45.0 Å². The van der Waals surface area contributed by atoms with Crippen LogP contribution in [0.1, 0.15) is 34.8 Å². The summed E-state index contributed by atoms with van der Waals surface area (Å²) in [5.41, 5.74) is 3.69. The zero-order chi connectivity index (χ0) is 21.0. The highest BCUT2D eigenvalue weighted by atomic mass is 35.5. The van der Waals surface area contributed by atoms with E-state index >= 15 is 0 Å². The van der Waals surface area contributed by atoms with Crippen molar-refractivity contribution in [3.8, 4) is 5.75 Å². The van der Waals surface area contributed by atoms with Crippen molar-refractivity contribution in [1.29, 1.82) is 0 Å². The highest BCUT2D eigenvalue weighted by Gasteiger charge is 2.22. The SMILES string of the molecule is CCOc1ccc2nc(N(CCCN(C)C)C(=O)c3cc(C)ccc3C)sc2c1.Cl. The van der Waals surface area contributed by atoms with Gasteiger partial charge >= 0.3 is 0 Å². The molecule has 30 heavy (non-hydrogen) atoms. The van der Waals surface area contributed by atoms with Gasteiger partial charge in [0.15, 0.2) is 5.13 Å². The topological polar surface area (TPSA) is 45.7 Å². The van der Waals surface area contributed by atoms with Crippen molar-refractivity contribution in [3.63, 3.8) is 0 Å². The number of rotatable bonds is 8. The van der Waals surface area contributed by atoms with E-state index in [0.717, 1.165) is 50.8 Å². The molecule has 3 aromatic rings. The Morgan fingerprint density at radius 2 is 1.87 bits per heavy atom. The summed E-state index contributed by atoms with van der Waals surface area (Å²) >= 11 is 1.54. The summed E-state index contributed by atoms with van der Waals surface area (Å²) in [6, 6.07) is 11.9. The van der Waals surface area contributed by atoms with E-state index in [1.807, 2.05) is 76.2 Å². The predicted octanol–water partition coefficient (Wildman–Crippen LogP) is 5.33. The van der Waals surface area contributed by atoms with E-state index in [2.05, 4.69) is 4.90 Å². The fourth-order valence-corrected chi connectivity index (χ4v) is 4.22. The molecule has 0 bridgehead atoms. The third kappa shape index (κ3) is 5.72. The molecular weight excluding hydrogens is 418 g/mol. The molecule has 0 unspecified atom stereocenters. The third-order valence-electron chi connectivity index (χ3n) is 4.75. The lowest BCUT2D eigenvalue weighted by Crippen LogP contribution is -2.34. The van der Waals surface area contributed by atoms with Gasteiger partial charge in [0.05, 0.1) is 16.8 Å². The van der Waals surface area contributed by atoms with Crippen molar-refractivity contribution in [1.82, 2.24) is 9.88 Å². The molecule has 1 heterocycles. The van der Waals surface area contributed by atoms with Gasteiger partial charge in [-0.15, -0.1) is 12.4 Å². The van der Waals surface area contributed by atoms with Crippen LogP contribution in [-0.4, -0.2) is 49.6 Å². The lowest BCUT2D eigenvalue weighted by molar-refractivity contribution is 0.0985. The maximum absolute atomic E-state index is 13.5. The Balaban J connectivity index is 0.00000320. The van der Waals surface area contributed by atoms with E-state index in [-0.39, 0.29) is 18.3 Å². The van der Waals surface area contributed by atoms with Gasteiger partial charge in [0.2, 0.25) is 0 Å². The molecule has 0 aliphatic heterocycles. The smallest absolute Gasteiger partial charge is 0.260 e. The van der Waals surface area contributed by atoms with Crippen molar-refractivity contribution in [2.45, 2.75) is 27.2 Å². The standard InChI is InChI=1S/C23H29N3O2S.ClH/c1-6-28-18-10-11-20-21(15-18)29-23(24-20)26(13-7-12-25(4)5)22(27)19-14-16(2)8-9-17(19)3;/h8-11,14-15H,6-7,12-13H2,1-5H3;1H. The highest BCUT2D eigenvalue weighted by Crippen LogP contribution is 2.32. The fraction of sp³-hybridized carbons (Fsp3) is 0.391. The van der Waals surface area contributed by atoms with Crippen molar-refractivity contribution < 1.29 is 9.53 Å². The summed E-state index contributed by atoms with van der Waals surface area (Å²) in [5, 5.41) is 0.735. The number of fused-ring (bicyclic) bond motifs is 1. The number of amides is 1. The van der Waals surface area contributed by atoms with Gasteiger partial charge < -0.3 is 9.64 Å². The predicted molar refractivity (Wildman–Crippen MR) is 129 cm³/mol. The number of aromatic nitrogens is 1. The molecule has 0 N–H and O–H groups in total. The number of carbonyl (C=O) groups is 1. The molecule has 0 saturated carbocycles. The minimum absolute atomic E-state index is 0. The molecule has 0 atom stereocenters. The van der Waals surface area contributed by atoms with Gasteiger partial charge in [-0.25, -0.2) is 4.98 Å². The Morgan fingerprint density at radius 1 is 1.10 bits per heavy atom. The number of halogens is 1. The Morgan fingerprint density at radius 3 is 2.57 bits per heavy atom. The van der Waals surface area contributed by atoms with Gasteiger partial charge in [0.1, 0.15) is 5.75 Å². The number of ether oxygens (including phenoxy) is 1. The number of benzene rings is 2. The minimum atomic E-state index is 0. The van der Waals surface area contributed by atoms with Crippen LogP contribution in [0.15, 0.2) is 36.4 Å². The third-order valence-corrected chi connectivity index (χ3v) is 5.79. The van der Waals surface area contributed by atoms with Crippen LogP contribution in [0.2, 0.25) is 0 Å². The zero-order valence-electron chi connectivity index (χ0n) is 18.3. The van der Waals surface area contributed by atoms with Gasteiger partial charge in [0.25, 0.3) is 5.91 Å². The lowest BCUT2D eigenvalue weighted by Gasteiger charge is -2.22. The number of aryl methyl sites for hydroxylation is 2. The van der Waals surface area contributed by atoms with Crippen LogP contribution in [0.25, 0.3) is 10.2 Å². The van der Waals surface area contributed by atoms with Crippen LogP contribution in [0.5, 0.6) is 5.75 Å². The van der Waals surface area contributed by atoms with Crippen molar-refractivity contribution in [2.24, 2.45) is 0 Å². The van der Waals surface area contributed by atoms with Crippen LogP contribution in [-0.2, 0) is 0 Å². The number of anilines is 1. The zero-order valence-corrected chi connectivity index (χ0v) is 19.9. The number of carbonyl (C=O) groups excluding carboxylic acids is 1. The first-order valence-electron chi connectivity index (χ1n) is 9.96. The Labute approximate surface area is 189 Å².